The maximum atomic E-state index is 11.8. The van der Waals surface area contributed by atoms with Gasteiger partial charge < -0.3 is 10.2 Å². The van der Waals surface area contributed by atoms with E-state index in [1.807, 2.05) is 26.0 Å². The summed E-state index contributed by atoms with van der Waals surface area (Å²) >= 11 is 5.82. The Bertz CT molecular complexity index is 468. The maximum Gasteiger partial charge on any atom is 0.264 e. The molecule has 1 aliphatic rings. The Kier molecular flexibility index (Phi) is 3.87. The van der Waals surface area contributed by atoms with Gasteiger partial charge in [0.05, 0.1) is 5.71 Å². The summed E-state index contributed by atoms with van der Waals surface area (Å²) in [5.74, 6) is -0.127. The van der Waals surface area contributed by atoms with Crippen LogP contribution in [0.4, 0.5) is 0 Å². The highest BCUT2D eigenvalue weighted by atomic mass is 35.5. The highest BCUT2D eigenvalue weighted by Crippen LogP contribution is 2.18. The molecule has 0 aliphatic carbocycles. The monoisotopic (exact) mass is 266 g/mol. The van der Waals surface area contributed by atoms with Crippen LogP contribution in [0.1, 0.15) is 25.8 Å². The normalized spacial score (nSPS) is 18.4. The summed E-state index contributed by atoms with van der Waals surface area (Å²) < 4.78 is 0. The lowest BCUT2D eigenvalue weighted by Gasteiger charge is -2.11. The molecule has 0 radical (unpaired) electrons. The van der Waals surface area contributed by atoms with Gasteiger partial charge in [-0.1, -0.05) is 28.9 Å². The number of carbonyl (C=O) groups is 1. The average Bonchev–Trinajstić information content (AvgIpc) is 2.78. The lowest BCUT2D eigenvalue weighted by Crippen LogP contribution is -2.38. The first kappa shape index (κ1) is 12.9. The highest BCUT2D eigenvalue weighted by Gasteiger charge is 2.28. The summed E-state index contributed by atoms with van der Waals surface area (Å²) in [7, 11) is 0. The summed E-state index contributed by atoms with van der Waals surface area (Å²) in [6, 6.07) is 7.42. The van der Waals surface area contributed by atoms with Crippen molar-refractivity contribution in [1.82, 2.24) is 5.32 Å². The van der Waals surface area contributed by atoms with Crippen molar-refractivity contribution in [2.24, 2.45) is 5.16 Å². The molecule has 0 bridgehead atoms. The predicted octanol–water partition coefficient (Wildman–Crippen LogP) is 2.36. The molecule has 18 heavy (non-hydrogen) atoms. The Hall–Kier alpha value is -1.55. The third kappa shape index (κ3) is 3.01. The molecule has 2 rings (SSSR count). The Morgan fingerprint density at radius 3 is 2.72 bits per heavy atom. The fourth-order valence-corrected chi connectivity index (χ4v) is 1.83. The summed E-state index contributed by atoms with van der Waals surface area (Å²) in [5, 5.41) is 7.44. The average molecular weight is 267 g/mol. The molecule has 1 aromatic carbocycles. The molecule has 0 fully saturated rings. The molecule has 0 spiro atoms. The summed E-state index contributed by atoms with van der Waals surface area (Å²) in [6.07, 6.45) is -0.0433. The number of rotatable bonds is 3. The topological polar surface area (TPSA) is 50.7 Å². The van der Waals surface area contributed by atoms with Crippen LogP contribution in [0.15, 0.2) is 29.4 Å². The minimum Gasteiger partial charge on any atom is -0.382 e. The Morgan fingerprint density at radius 1 is 1.44 bits per heavy atom. The van der Waals surface area contributed by atoms with Crippen LogP contribution in [-0.4, -0.2) is 23.8 Å². The van der Waals surface area contributed by atoms with Gasteiger partial charge >= 0.3 is 0 Å². The van der Waals surface area contributed by atoms with Crippen LogP contribution in [0.3, 0.4) is 0 Å². The molecule has 0 saturated carbocycles. The molecule has 96 valence electrons. The predicted molar refractivity (Wildman–Crippen MR) is 70.8 cm³/mol. The van der Waals surface area contributed by atoms with Crippen LogP contribution in [0.5, 0.6) is 0 Å². The highest BCUT2D eigenvalue weighted by molar-refractivity contribution is 6.30. The zero-order chi connectivity index (χ0) is 13.1. The van der Waals surface area contributed by atoms with E-state index < -0.39 is 6.10 Å². The lowest BCUT2D eigenvalue weighted by molar-refractivity contribution is -0.131. The van der Waals surface area contributed by atoms with E-state index in [1.54, 1.807) is 12.1 Å². The molecular formula is C13H15ClN2O2. The molecule has 1 heterocycles. The van der Waals surface area contributed by atoms with Gasteiger partial charge in [-0.2, -0.15) is 0 Å². The molecule has 1 unspecified atom stereocenters. The number of nitrogens with zero attached hydrogens (tertiary/aromatic N) is 1. The number of halogens is 1. The molecule has 4 nitrogen and oxygen atoms in total. The fraction of sp³-hybridized carbons (Fsp3) is 0.385. The van der Waals surface area contributed by atoms with Crippen molar-refractivity contribution in [2.45, 2.75) is 32.4 Å². The number of amides is 1. The molecule has 1 aliphatic heterocycles. The second-order valence-electron chi connectivity index (χ2n) is 4.51. The van der Waals surface area contributed by atoms with E-state index in [-0.39, 0.29) is 11.9 Å². The van der Waals surface area contributed by atoms with Crippen molar-refractivity contribution in [3.05, 3.63) is 34.9 Å². The molecule has 1 amide bonds. The number of hydrogen-bond acceptors (Lipinski definition) is 3. The van der Waals surface area contributed by atoms with Gasteiger partial charge in [0.2, 0.25) is 6.10 Å². The van der Waals surface area contributed by atoms with Crippen LogP contribution in [-0.2, 0) is 9.63 Å². The summed E-state index contributed by atoms with van der Waals surface area (Å²) in [6.45, 7) is 3.82. The third-order valence-electron chi connectivity index (χ3n) is 2.57. The number of carbonyl (C=O) groups excluding carboxylic acids is 1. The molecule has 0 saturated heterocycles. The first-order valence-corrected chi connectivity index (χ1v) is 6.23. The quantitative estimate of drug-likeness (QED) is 0.913. The van der Waals surface area contributed by atoms with Crippen molar-refractivity contribution in [3.63, 3.8) is 0 Å². The van der Waals surface area contributed by atoms with Crippen LogP contribution < -0.4 is 5.32 Å². The van der Waals surface area contributed by atoms with Crippen molar-refractivity contribution < 1.29 is 9.63 Å². The van der Waals surface area contributed by atoms with E-state index in [9.17, 15) is 4.79 Å². The van der Waals surface area contributed by atoms with Gasteiger partial charge in [-0.3, -0.25) is 4.79 Å². The molecule has 1 N–H and O–H groups in total. The van der Waals surface area contributed by atoms with Gasteiger partial charge in [0.25, 0.3) is 5.91 Å². The number of hydrogen-bond donors (Lipinski definition) is 1. The summed E-state index contributed by atoms with van der Waals surface area (Å²) in [5.41, 5.74) is 1.70. The second kappa shape index (κ2) is 5.40. The molecule has 5 heteroatoms. The SMILES string of the molecule is CC(C)NC(=O)C1CC(c2ccc(Cl)cc2)=NO1. The van der Waals surface area contributed by atoms with Crippen molar-refractivity contribution >= 4 is 23.2 Å². The standard InChI is InChI=1S/C13H15ClN2O2/c1-8(2)15-13(17)12-7-11(16-18-12)9-3-5-10(14)6-4-9/h3-6,8,12H,7H2,1-2H3,(H,15,17). The minimum atomic E-state index is -0.530. The van der Waals surface area contributed by atoms with Crippen LogP contribution in [0.2, 0.25) is 5.02 Å². The fourth-order valence-electron chi connectivity index (χ4n) is 1.71. The van der Waals surface area contributed by atoms with Gasteiger partial charge in [0, 0.05) is 17.5 Å². The van der Waals surface area contributed by atoms with E-state index in [4.69, 9.17) is 16.4 Å². The number of oxime groups is 1. The first-order valence-electron chi connectivity index (χ1n) is 5.85. The number of nitrogens with one attached hydrogen (secondary N) is 1. The van der Waals surface area contributed by atoms with E-state index in [2.05, 4.69) is 10.5 Å². The van der Waals surface area contributed by atoms with Gasteiger partial charge in [-0.15, -0.1) is 0 Å². The lowest BCUT2D eigenvalue weighted by atomic mass is 10.0. The molecular weight excluding hydrogens is 252 g/mol. The van der Waals surface area contributed by atoms with Crippen molar-refractivity contribution in [2.75, 3.05) is 0 Å². The van der Waals surface area contributed by atoms with Crippen LogP contribution in [0.25, 0.3) is 0 Å². The van der Waals surface area contributed by atoms with Gasteiger partial charge in [-0.05, 0) is 31.5 Å². The Balaban J connectivity index is 1.99. The van der Waals surface area contributed by atoms with Gasteiger partial charge in [0.15, 0.2) is 0 Å². The van der Waals surface area contributed by atoms with E-state index in [0.29, 0.717) is 11.4 Å². The van der Waals surface area contributed by atoms with E-state index in [1.165, 1.54) is 0 Å². The minimum absolute atomic E-state index is 0.0979. The molecule has 1 aromatic rings. The Morgan fingerprint density at radius 2 is 2.11 bits per heavy atom. The zero-order valence-electron chi connectivity index (χ0n) is 10.3. The second-order valence-corrected chi connectivity index (χ2v) is 4.94. The smallest absolute Gasteiger partial charge is 0.264 e. The Labute approximate surface area is 111 Å². The first-order chi connectivity index (χ1) is 8.56. The van der Waals surface area contributed by atoms with Crippen LogP contribution in [0, 0.1) is 0 Å². The van der Waals surface area contributed by atoms with Gasteiger partial charge in [-0.25, -0.2) is 0 Å². The van der Waals surface area contributed by atoms with Crippen LogP contribution >= 0.6 is 11.6 Å². The molecule has 0 aromatic heterocycles. The zero-order valence-corrected chi connectivity index (χ0v) is 11.1. The summed E-state index contributed by atoms with van der Waals surface area (Å²) in [4.78, 5) is 16.9. The maximum absolute atomic E-state index is 11.8. The molecule has 1 atom stereocenters. The number of benzene rings is 1. The van der Waals surface area contributed by atoms with Gasteiger partial charge in [0.1, 0.15) is 0 Å². The van der Waals surface area contributed by atoms with E-state index in [0.717, 1.165) is 11.3 Å². The van der Waals surface area contributed by atoms with Crippen molar-refractivity contribution in [3.8, 4) is 0 Å². The van der Waals surface area contributed by atoms with E-state index >= 15 is 0 Å². The third-order valence-corrected chi connectivity index (χ3v) is 2.82. The largest absolute Gasteiger partial charge is 0.382 e. The van der Waals surface area contributed by atoms with Crippen molar-refractivity contribution in [1.29, 1.82) is 0 Å².